The highest BCUT2D eigenvalue weighted by molar-refractivity contribution is 5.26. The summed E-state index contributed by atoms with van der Waals surface area (Å²) in [5, 5.41) is 0. The molecule has 0 bridgehead atoms. The summed E-state index contributed by atoms with van der Waals surface area (Å²) in [6.45, 7) is 2.29. The van der Waals surface area contributed by atoms with E-state index >= 15 is 0 Å². The third-order valence-electron chi connectivity index (χ3n) is 2.34. The van der Waals surface area contributed by atoms with Crippen LogP contribution in [-0.2, 0) is 6.61 Å². The molecular weight excluding hydrogens is 205 g/mol. The van der Waals surface area contributed by atoms with Crippen molar-refractivity contribution in [3.63, 3.8) is 0 Å². The zero-order chi connectivity index (χ0) is 11.4. The van der Waals surface area contributed by atoms with Crippen LogP contribution in [0.1, 0.15) is 11.1 Å². The molecule has 0 aliphatic carbocycles. The Morgan fingerprint density at radius 2 is 2.19 bits per heavy atom. The normalized spacial score (nSPS) is 10.1. The number of hydrogen-bond donors (Lipinski definition) is 0. The van der Waals surface area contributed by atoms with E-state index in [9.17, 15) is 4.39 Å². The maximum absolute atomic E-state index is 13.0. The third-order valence-corrected chi connectivity index (χ3v) is 2.34. The Bertz CT molecular complexity index is 471. The van der Waals surface area contributed by atoms with Crippen molar-refractivity contribution in [3.8, 4) is 5.75 Å². The molecule has 3 heteroatoms. The van der Waals surface area contributed by atoms with Gasteiger partial charge in [-0.1, -0.05) is 6.07 Å². The summed E-state index contributed by atoms with van der Waals surface area (Å²) in [5.41, 5.74) is 1.87. The van der Waals surface area contributed by atoms with Crippen LogP contribution in [0, 0.1) is 12.7 Å². The molecule has 0 fully saturated rings. The lowest BCUT2D eigenvalue weighted by Crippen LogP contribution is -1.98. The summed E-state index contributed by atoms with van der Waals surface area (Å²) in [5.74, 6) is 0.446. The molecule has 0 aliphatic rings. The minimum absolute atomic E-state index is 0.240. The van der Waals surface area contributed by atoms with E-state index < -0.39 is 0 Å². The Balaban J connectivity index is 2.08. The summed E-state index contributed by atoms with van der Waals surface area (Å²) in [4.78, 5) is 3.94. The average Bonchev–Trinajstić information content (AvgIpc) is 2.32. The van der Waals surface area contributed by atoms with Gasteiger partial charge in [0, 0.05) is 6.20 Å². The molecular formula is C13H12FNO. The molecule has 0 saturated carbocycles. The van der Waals surface area contributed by atoms with Gasteiger partial charge in [-0.3, -0.25) is 4.98 Å². The van der Waals surface area contributed by atoms with Crippen LogP contribution in [0.25, 0.3) is 0 Å². The highest BCUT2D eigenvalue weighted by Gasteiger charge is 2.01. The third kappa shape index (κ3) is 2.57. The monoisotopic (exact) mass is 217 g/mol. The van der Waals surface area contributed by atoms with E-state index in [4.69, 9.17) is 4.74 Å². The Morgan fingerprint density at radius 3 is 2.94 bits per heavy atom. The lowest BCUT2D eigenvalue weighted by atomic mass is 10.1. The molecule has 16 heavy (non-hydrogen) atoms. The fraction of sp³-hybridized carbons (Fsp3) is 0.154. The van der Waals surface area contributed by atoms with Gasteiger partial charge in [-0.05, 0) is 42.3 Å². The lowest BCUT2D eigenvalue weighted by Gasteiger charge is -2.08. The first kappa shape index (κ1) is 10.6. The molecule has 1 aromatic heterocycles. The lowest BCUT2D eigenvalue weighted by molar-refractivity contribution is 0.303. The van der Waals surface area contributed by atoms with Crippen molar-refractivity contribution in [2.24, 2.45) is 0 Å². The van der Waals surface area contributed by atoms with Crippen molar-refractivity contribution in [3.05, 3.63) is 59.7 Å². The quantitative estimate of drug-likeness (QED) is 0.788. The highest BCUT2D eigenvalue weighted by atomic mass is 19.1. The molecule has 0 radical (unpaired) electrons. The number of rotatable bonds is 3. The molecule has 0 N–H and O–H groups in total. The summed E-state index contributed by atoms with van der Waals surface area (Å²) < 4.78 is 18.5. The average molecular weight is 217 g/mol. The van der Waals surface area contributed by atoms with Crippen molar-refractivity contribution < 1.29 is 9.13 Å². The van der Waals surface area contributed by atoms with Gasteiger partial charge in [-0.15, -0.1) is 0 Å². The summed E-state index contributed by atoms with van der Waals surface area (Å²) >= 11 is 0. The number of aromatic nitrogens is 1. The fourth-order valence-electron chi connectivity index (χ4n) is 1.39. The fourth-order valence-corrected chi connectivity index (χ4v) is 1.39. The van der Waals surface area contributed by atoms with Gasteiger partial charge in [0.25, 0.3) is 0 Å². The van der Waals surface area contributed by atoms with Crippen LogP contribution >= 0.6 is 0 Å². The maximum atomic E-state index is 13.0. The molecule has 0 unspecified atom stereocenters. The van der Waals surface area contributed by atoms with Gasteiger partial charge in [0.1, 0.15) is 18.2 Å². The number of aryl methyl sites for hydroxylation is 1. The first-order valence-corrected chi connectivity index (χ1v) is 5.03. The Kier molecular flexibility index (Phi) is 3.15. The second kappa shape index (κ2) is 4.75. The van der Waals surface area contributed by atoms with E-state index in [-0.39, 0.29) is 5.82 Å². The van der Waals surface area contributed by atoms with Gasteiger partial charge in [0.05, 0.1) is 6.20 Å². The summed E-state index contributed by atoms with van der Waals surface area (Å²) in [6.07, 6.45) is 3.31. The zero-order valence-corrected chi connectivity index (χ0v) is 8.98. The minimum Gasteiger partial charge on any atom is -0.487 e. The van der Waals surface area contributed by atoms with Gasteiger partial charge in [-0.25, -0.2) is 4.39 Å². The van der Waals surface area contributed by atoms with E-state index in [1.165, 1.54) is 12.1 Å². The predicted octanol–water partition coefficient (Wildman–Crippen LogP) is 3.11. The van der Waals surface area contributed by atoms with E-state index in [1.54, 1.807) is 24.5 Å². The van der Waals surface area contributed by atoms with Crippen LogP contribution in [0.5, 0.6) is 5.75 Å². The topological polar surface area (TPSA) is 22.1 Å². The van der Waals surface area contributed by atoms with Crippen LogP contribution in [0.3, 0.4) is 0 Å². The number of nitrogens with zero attached hydrogens (tertiary/aromatic N) is 1. The van der Waals surface area contributed by atoms with Crippen LogP contribution in [0.15, 0.2) is 42.7 Å². The van der Waals surface area contributed by atoms with Crippen LogP contribution in [0.2, 0.25) is 0 Å². The number of hydrogen-bond acceptors (Lipinski definition) is 2. The SMILES string of the molecule is Cc1ccc(F)cc1COc1cccnc1. The van der Waals surface area contributed by atoms with Crippen molar-refractivity contribution >= 4 is 0 Å². The summed E-state index contributed by atoms with van der Waals surface area (Å²) in [7, 11) is 0. The molecule has 2 rings (SSSR count). The van der Waals surface area contributed by atoms with Crippen LogP contribution in [0.4, 0.5) is 4.39 Å². The van der Waals surface area contributed by atoms with Crippen LogP contribution in [-0.4, -0.2) is 4.98 Å². The van der Waals surface area contributed by atoms with Gasteiger partial charge in [0.2, 0.25) is 0 Å². The number of halogens is 1. The zero-order valence-electron chi connectivity index (χ0n) is 8.98. The van der Waals surface area contributed by atoms with Gasteiger partial charge < -0.3 is 4.74 Å². The summed E-state index contributed by atoms with van der Waals surface area (Å²) in [6, 6.07) is 8.31. The Morgan fingerprint density at radius 1 is 1.31 bits per heavy atom. The van der Waals surface area contributed by atoms with E-state index in [0.717, 1.165) is 11.1 Å². The molecule has 0 atom stereocenters. The molecule has 1 aromatic carbocycles. The largest absolute Gasteiger partial charge is 0.487 e. The van der Waals surface area contributed by atoms with Crippen molar-refractivity contribution in [1.29, 1.82) is 0 Å². The highest BCUT2D eigenvalue weighted by Crippen LogP contribution is 2.14. The second-order valence-corrected chi connectivity index (χ2v) is 3.55. The number of pyridine rings is 1. The Hall–Kier alpha value is -1.90. The molecule has 0 spiro atoms. The molecule has 0 aliphatic heterocycles. The predicted molar refractivity (Wildman–Crippen MR) is 59.7 cm³/mol. The van der Waals surface area contributed by atoms with Crippen molar-refractivity contribution in [2.75, 3.05) is 0 Å². The van der Waals surface area contributed by atoms with Crippen molar-refractivity contribution in [2.45, 2.75) is 13.5 Å². The van der Waals surface area contributed by atoms with Gasteiger partial charge in [-0.2, -0.15) is 0 Å². The standard InChI is InChI=1S/C13H12FNO/c1-10-4-5-12(14)7-11(10)9-16-13-3-2-6-15-8-13/h2-8H,9H2,1H3. The molecule has 2 nitrogen and oxygen atoms in total. The first-order chi connectivity index (χ1) is 7.75. The number of ether oxygens (including phenoxy) is 1. The molecule has 0 amide bonds. The second-order valence-electron chi connectivity index (χ2n) is 3.55. The van der Waals surface area contributed by atoms with E-state index in [2.05, 4.69) is 4.98 Å². The van der Waals surface area contributed by atoms with Crippen LogP contribution < -0.4 is 4.74 Å². The maximum Gasteiger partial charge on any atom is 0.138 e. The molecule has 0 saturated heterocycles. The first-order valence-electron chi connectivity index (χ1n) is 5.03. The molecule has 2 aromatic rings. The van der Waals surface area contributed by atoms with Gasteiger partial charge in [0.15, 0.2) is 0 Å². The van der Waals surface area contributed by atoms with Crippen molar-refractivity contribution in [1.82, 2.24) is 4.98 Å². The minimum atomic E-state index is -0.240. The van der Waals surface area contributed by atoms with Gasteiger partial charge >= 0.3 is 0 Å². The smallest absolute Gasteiger partial charge is 0.138 e. The van der Waals surface area contributed by atoms with E-state index in [1.807, 2.05) is 13.0 Å². The Labute approximate surface area is 93.7 Å². The number of benzene rings is 1. The molecule has 1 heterocycles. The van der Waals surface area contributed by atoms with E-state index in [0.29, 0.717) is 12.4 Å². The molecule has 82 valence electrons.